The molecule has 97 valence electrons. The Morgan fingerprint density at radius 1 is 1.17 bits per heavy atom. The van der Waals surface area contributed by atoms with Gasteiger partial charge in [0.15, 0.2) is 0 Å². The minimum Gasteiger partial charge on any atom is -0.396 e. The van der Waals surface area contributed by atoms with Crippen molar-refractivity contribution in [3.63, 3.8) is 0 Å². The summed E-state index contributed by atoms with van der Waals surface area (Å²) in [6, 6.07) is 6.29. The molecule has 2 N–H and O–H groups in total. The third-order valence-electron chi connectivity index (χ3n) is 2.24. The van der Waals surface area contributed by atoms with E-state index in [9.17, 15) is 0 Å². The summed E-state index contributed by atoms with van der Waals surface area (Å²) >= 11 is 0. The van der Waals surface area contributed by atoms with Crippen molar-refractivity contribution in [2.45, 2.75) is 20.3 Å². The van der Waals surface area contributed by atoms with Crippen LogP contribution in [0.1, 0.15) is 17.5 Å². The van der Waals surface area contributed by atoms with Crippen molar-refractivity contribution in [1.29, 1.82) is 0 Å². The molecule has 0 aliphatic carbocycles. The van der Waals surface area contributed by atoms with Crippen molar-refractivity contribution in [3.8, 4) is 0 Å². The summed E-state index contributed by atoms with van der Waals surface area (Å²) in [7, 11) is 0. The zero-order valence-corrected chi connectivity index (χ0v) is 16.2. The molecule has 1 aromatic rings. The molecule has 18 heavy (non-hydrogen) atoms. The number of aliphatic hydroxyl groups is 1. The van der Waals surface area contributed by atoms with E-state index in [0.29, 0.717) is 6.42 Å². The molecule has 0 saturated carbocycles. The van der Waals surface area contributed by atoms with E-state index >= 15 is 0 Å². The Balaban J connectivity index is 0. The van der Waals surface area contributed by atoms with Gasteiger partial charge in [-0.3, -0.25) is 0 Å². The molecule has 0 atom stereocenters. The van der Waals surface area contributed by atoms with E-state index in [0.717, 1.165) is 6.54 Å². The summed E-state index contributed by atoms with van der Waals surface area (Å²) in [4.78, 5) is 0. The van der Waals surface area contributed by atoms with Crippen LogP contribution >= 0.6 is 0 Å². The molecule has 0 heterocycles. The fourth-order valence-electron chi connectivity index (χ4n) is 1.36. The number of nitrogens with one attached hydrogen (secondary N) is 1. The number of rotatable bonds is 5. The standard InChI is InChI=1S/C11H15N.C4H8O.Ac/c1-4-8-12-11-9(2)6-5-7-10(11)3;1-2-3-4-5;/h4-7,12H,1,8H2,2-3H3;2,5H,1,3-4H2;. The second-order valence-electron chi connectivity index (χ2n) is 3.74. The zero-order valence-electron chi connectivity index (χ0n) is 11.4. The van der Waals surface area contributed by atoms with Crippen LogP contribution in [0.25, 0.3) is 0 Å². The van der Waals surface area contributed by atoms with Crippen LogP contribution in [0.4, 0.5) is 5.69 Å². The quantitative estimate of drug-likeness (QED) is 0.660. The average molecular weight is 460 g/mol. The second kappa shape index (κ2) is 13.3. The third kappa shape index (κ3) is 8.92. The van der Waals surface area contributed by atoms with Crippen LogP contribution in [0.5, 0.6) is 0 Å². The Morgan fingerprint density at radius 3 is 2.06 bits per heavy atom. The van der Waals surface area contributed by atoms with Gasteiger partial charge in [0.05, 0.1) is 0 Å². The van der Waals surface area contributed by atoms with Gasteiger partial charge in [-0.2, -0.15) is 0 Å². The molecule has 0 aliphatic heterocycles. The SMILES string of the molecule is C=CCCO.C=CCNc1c(C)cccc1C.[Ac]. The first-order valence-electron chi connectivity index (χ1n) is 5.80. The van der Waals surface area contributed by atoms with E-state index in [2.05, 4.69) is 50.5 Å². The first-order valence-corrected chi connectivity index (χ1v) is 5.80. The number of hydrogen-bond donors (Lipinski definition) is 2. The normalized spacial score (nSPS) is 8.39. The summed E-state index contributed by atoms with van der Waals surface area (Å²) in [5, 5.41) is 11.3. The topological polar surface area (TPSA) is 32.3 Å². The van der Waals surface area contributed by atoms with Crippen LogP contribution in [0.15, 0.2) is 43.5 Å². The molecule has 2 nitrogen and oxygen atoms in total. The Morgan fingerprint density at radius 2 is 1.72 bits per heavy atom. The van der Waals surface area contributed by atoms with E-state index in [1.54, 1.807) is 6.08 Å². The molecule has 1 radical (unpaired) electrons. The Hall–Kier alpha value is -0.0984. The molecule has 0 aliphatic rings. The number of benzene rings is 1. The monoisotopic (exact) mass is 460 g/mol. The molecule has 1 aromatic carbocycles. The molecule has 0 bridgehead atoms. The van der Waals surface area contributed by atoms with E-state index in [4.69, 9.17) is 5.11 Å². The Bertz CT molecular complexity index is 330. The van der Waals surface area contributed by atoms with E-state index in [-0.39, 0.29) is 50.7 Å². The minimum atomic E-state index is 0. The van der Waals surface area contributed by atoms with Crippen LogP contribution in [0.2, 0.25) is 0 Å². The molecule has 0 unspecified atom stereocenters. The van der Waals surface area contributed by atoms with Gasteiger partial charge in [-0.15, -0.1) is 13.2 Å². The van der Waals surface area contributed by atoms with Gasteiger partial charge in [-0.1, -0.05) is 30.4 Å². The number of para-hydroxylation sites is 1. The van der Waals surface area contributed by atoms with E-state index in [1.165, 1.54) is 16.8 Å². The van der Waals surface area contributed by atoms with Gasteiger partial charge in [0.2, 0.25) is 0 Å². The van der Waals surface area contributed by atoms with Crippen LogP contribution in [-0.4, -0.2) is 18.3 Å². The second-order valence-corrected chi connectivity index (χ2v) is 3.74. The van der Waals surface area contributed by atoms with Crippen LogP contribution in [-0.2, 0) is 0 Å². The van der Waals surface area contributed by atoms with Gasteiger partial charge in [-0.05, 0) is 31.4 Å². The molecule has 0 aromatic heterocycles. The molecule has 1 rings (SSSR count). The van der Waals surface area contributed by atoms with Crippen molar-refractivity contribution in [1.82, 2.24) is 0 Å². The Kier molecular flexibility index (Phi) is 15.0. The third-order valence-corrected chi connectivity index (χ3v) is 2.24. The molecule has 0 fully saturated rings. The van der Waals surface area contributed by atoms with Gasteiger partial charge in [0.1, 0.15) is 0 Å². The fraction of sp³-hybridized carbons (Fsp3) is 0.333. The maximum Gasteiger partial charge on any atom is 0.0465 e. The van der Waals surface area contributed by atoms with Crippen molar-refractivity contribution in [2.24, 2.45) is 0 Å². The van der Waals surface area contributed by atoms with Crippen molar-refractivity contribution < 1.29 is 49.2 Å². The van der Waals surface area contributed by atoms with Gasteiger partial charge in [-0.25, -0.2) is 0 Å². The van der Waals surface area contributed by atoms with Gasteiger partial charge in [0.25, 0.3) is 0 Å². The molecule has 0 spiro atoms. The van der Waals surface area contributed by atoms with Crippen LogP contribution < -0.4 is 5.32 Å². The van der Waals surface area contributed by atoms with Crippen molar-refractivity contribution in [3.05, 3.63) is 54.6 Å². The summed E-state index contributed by atoms with van der Waals surface area (Å²) < 4.78 is 0. The Labute approximate surface area is 147 Å². The van der Waals surface area contributed by atoms with Gasteiger partial charge < -0.3 is 10.4 Å². The number of hydrogen-bond acceptors (Lipinski definition) is 2. The molecular weight excluding hydrogens is 437 g/mol. The van der Waals surface area contributed by atoms with Gasteiger partial charge in [0, 0.05) is 62.9 Å². The number of anilines is 1. The summed E-state index contributed by atoms with van der Waals surface area (Å²) in [6.45, 7) is 12.3. The predicted molar refractivity (Wildman–Crippen MR) is 76.5 cm³/mol. The fourth-order valence-corrected chi connectivity index (χ4v) is 1.36. The van der Waals surface area contributed by atoms with Crippen molar-refractivity contribution in [2.75, 3.05) is 18.5 Å². The van der Waals surface area contributed by atoms with E-state index in [1.807, 2.05) is 6.08 Å². The average Bonchev–Trinajstić information content (AvgIpc) is 2.30. The first kappa shape index (κ1) is 20.2. The maximum absolute atomic E-state index is 8.00. The first-order chi connectivity index (χ1) is 8.17. The molecule has 0 amide bonds. The molecule has 3 heteroatoms. The smallest absolute Gasteiger partial charge is 0.0465 e. The number of aryl methyl sites for hydroxylation is 2. The predicted octanol–water partition coefficient (Wildman–Crippen LogP) is 3.46. The maximum atomic E-state index is 8.00. The molecule has 0 saturated heterocycles. The minimum absolute atomic E-state index is 0. The summed E-state index contributed by atoms with van der Waals surface area (Å²) in [6.07, 6.45) is 4.26. The van der Waals surface area contributed by atoms with E-state index < -0.39 is 0 Å². The summed E-state index contributed by atoms with van der Waals surface area (Å²) in [5.41, 5.74) is 3.81. The van der Waals surface area contributed by atoms with Crippen LogP contribution in [0, 0.1) is 57.9 Å². The summed E-state index contributed by atoms with van der Waals surface area (Å²) in [5.74, 6) is 0. The van der Waals surface area contributed by atoms with Gasteiger partial charge >= 0.3 is 0 Å². The van der Waals surface area contributed by atoms with Crippen LogP contribution in [0.3, 0.4) is 0 Å². The largest absolute Gasteiger partial charge is 0.396 e. The van der Waals surface area contributed by atoms with Crippen molar-refractivity contribution >= 4 is 5.69 Å². The number of aliphatic hydroxyl groups excluding tert-OH is 1. The zero-order chi connectivity index (χ0) is 13.1. The molecular formula is C15H23AcNO.